The fourth-order valence-corrected chi connectivity index (χ4v) is 2.46. The summed E-state index contributed by atoms with van der Waals surface area (Å²) >= 11 is 0. The molecule has 0 bridgehead atoms. The van der Waals surface area contributed by atoms with Crippen molar-refractivity contribution < 1.29 is 14.3 Å². The molecule has 2 aromatic rings. The minimum absolute atomic E-state index is 0.00368. The van der Waals surface area contributed by atoms with Gasteiger partial charge >= 0.3 is 0 Å². The predicted molar refractivity (Wildman–Crippen MR) is 97.6 cm³/mol. The Morgan fingerprint density at radius 1 is 1.15 bits per heavy atom. The van der Waals surface area contributed by atoms with Crippen molar-refractivity contribution in [1.29, 1.82) is 5.26 Å². The molecular weight excluding hydrogens is 330 g/mol. The number of nitrogens with one attached hydrogen (secondary N) is 2. The second kappa shape index (κ2) is 7.62. The van der Waals surface area contributed by atoms with Crippen LogP contribution in [0.25, 0.3) is 0 Å². The summed E-state index contributed by atoms with van der Waals surface area (Å²) in [5, 5.41) is 15.0. The largest absolute Gasteiger partial charge is 0.454 e. The van der Waals surface area contributed by atoms with E-state index in [9.17, 15) is 10.1 Å². The molecule has 1 aliphatic heterocycles. The molecule has 0 saturated heterocycles. The van der Waals surface area contributed by atoms with Gasteiger partial charge in [-0.05, 0) is 54.8 Å². The maximum absolute atomic E-state index is 12.2. The first-order chi connectivity index (χ1) is 12.6. The summed E-state index contributed by atoms with van der Waals surface area (Å²) in [4.78, 5) is 12.2. The van der Waals surface area contributed by atoms with Crippen LogP contribution in [0.3, 0.4) is 0 Å². The maximum Gasteiger partial charge on any atom is 0.263 e. The molecule has 1 amide bonds. The SMILES string of the molecule is Cc1ccc(N/C=C(/C#N)C(=O)NCc2ccc3c(c2)OCO3)cc1C. The van der Waals surface area contributed by atoms with Crippen molar-refractivity contribution in [2.45, 2.75) is 20.4 Å². The normalized spacial score (nSPS) is 12.4. The molecule has 6 heteroatoms. The minimum atomic E-state index is -0.443. The molecule has 0 unspecified atom stereocenters. The lowest BCUT2D eigenvalue weighted by atomic mass is 10.1. The van der Waals surface area contributed by atoms with Crippen molar-refractivity contribution in [2.75, 3.05) is 12.1 Å². The van der Waals surface area contributed by atoms with Crippen LogP contribution in [0.5, 0.6) is 11.5 Å². The average Bonchev–Trinajstić information content (AvgIpc) is 3.11. The van der Waals surface area contributed by atoms with Crippen LogP contribution in [0.15, 0.2) is 48.2 Å². The van der Waals surface area contributed by atoms with Gasteiger partial charge in [0, 0.05) is 18.4 Å². The monoisotopic (exact) mass is 349 g/mol. The number of fused-ring (bicyclic) bond motifs is 1. The Bertz CT molecular complexity index is 913. The number of carbonyl (C=O) groups excluding carboxylic acids is 1. The van der Waals surface area contributed by atoms with Crippen molar-refractivity contribution in [1.82, 2.24) is 5.32 Å². The van der Waals surface area contributed by atoms with E-state index in [1.54, 1.807) is 6.07 Å². The van der Waals surface area contributed by atoms with E-state index in [4.69, 9.17) is 9.47 Å². The first-order valence-corrected chi connectivity index (χ1v) is 8.17. The maximum atomic E-state index is 12.2. The number of nitrogens with zero attached hydrogens (tertiary/aromatic N) is 1. The highest BCUT2D eigenvalue weighted by molar-refractivity contribution is 5.97. The number of rotatable bonds is 5. The molecule has 2 aromatic carbocycles. The molecule has 1 aliphatic rings. The van der Waals surface area contributed by atoms with Crippen LogP contribution in [-0.4, -0.2) is 12.7 Å². The van der Waals surface area contributed by atoms with Gasteiger partial charge < -0.3 is 20.1 Å². The average molecular weight is 349 g/mol. The van der Waals surface area contributed by atoms with E-state index in [-0.39, 0.29) is 18.9 Å². The first kappa shape index (κ1) is 17.4. The fraction of sp³-hybridized carbons (Fsp3) is 0.200. The number of nitriles is 1. The van der Waals surface area contributed by atoms with Crippen molar-refractivity contribution in [3.63, 3.8) is 0 Å². The summed E-state index contributed by atoms with van der Waals surface area (Å²) in [6, 6.07) is 13.2. The van der Waals surface area contributed by atoms with Crippen LogP contribution >= 0.6 is 0 Å². The van der Waals surface area contributed by atoms with Gasteiger partial charge in [0.1, 0.15) is 11.6 Å². The summed E-state index contributed by atoms with van der Waals surface area (Å²) < 4.78 is 10.6. The summed E-state index contributed by atoms with van der Waals surface area (Å²) in [5.74, 6) is 0.904. The molecule has 0 saturated carbocycles. The van der Waals surface area contributed by atoms with Crippen LogP contribution in [0.2, 0.25) is 0 Å². The second-order valence-electron chi connectivity index (χ2n) is 5.98. The van der Waals surface area contributed by atoms with Gasteiger partial charge in [-0.15, -0.1) is 0 Å². The molecule has 0 spiro atoms. The number of ether oxygens (including phenoxy) is 2. The van der Waals surface area contributed by atoms with Gasteiger partial charge in [0.25, 0.3) is 5.91 Å². The van der Waals surface area contributed by atoms with Gasteiger partial charge in [0.15, 0.2) is 11.5 Å². The molecule has 132 valence electrons. The molecule has 1 heterocycles. The van der Waals surface area contributed by atoms with E-state index in [0.717, 1.165) is 16.8 Å². The van der Waals surface area contributed by atoms with Crippen LogP contribution < -0.4 is 20.1 Å². The third-order valence-electron chi connectivity index (χ3n) is 4.15. The number of benzene rings is 2. The highest BCUT2D eigenvalue weighted by Crippen LogP contribution is 2.32. The Morgan fingerprint density at radius 3 is 2.73 bits per heavy atom. The van der Waals surface area contributed by atoms with Crippen LogP contribution in [0, 0.1) is 25.2 Å². The molecule has 0 radical (unpaired) electrons. The molecule has 2 N–H and O–H groups in total. The Hall–Kier alpha value is -3.46. The number of amides is 1. The van der Waals surface area contributed by atoms with Gasteiger partial charge in [-0.3, -0.25) is 4.79 Å². The molecule has 0 aromatic heterocycles. The lowest BCUT2D eigenvalue weighted by molar-refractivity contribution is -0.117. The summed E-state index contributed by atoms with van der Waals surface area (Å²) in [5.41, 5.74) is 4.01. The summed E-state index contributed by atoms with van der Waals surface area (Å²) in [6.07, 6.45) is 1.42. The molecular formula is C20H19N3O3. The van der Waals surface area contributed by atoms with Gasteiger partial charge in [0.05, 0.1) is 0 Å². The highest BCUT2D eigenvalue weighted by Gasteiger charge is 2.14. The first-order valence-electron chi connectivity index (χ1n) is 8.17. The molecule has 0 fully saturated rings. The molecule has 26 heavy (non-hydrogen) atoms. The number of aryl methyl sites for hydroxylation is 2. The zero-order valence-corrected chi connectivity index (χ0v) is 14.6. The van der Waals surface area contributed by atoms with Crippen molar-refractivity contribution in [2.24, 2.45) is 0 Å². The molecule has 0 atom stereocenters. The Kier molecular flexibility index (Phi) is 5.09. The highest BCUT2D eigenvalue weighted by atomic mass is 16.7. The quantitative estimate of drug-likeness (QED) is 0.640. The van der Waals surface area contributed by atoms with Gasteiger partial charge in [0.2, 0.25) is 6.79 Å². The predicted octanol–water partition coefficient (Wildman–Crippen LogP) is 3.17. The minimum Gasteiger partial charge on any atom is -0.454 e. The van der Waals surface area contributed by atoms with E-state index in [2.05, 4.69) is 10.6 Å². The number of hydrogen-bond donors (Lipinski definition) is 2. The summed E-state index contributed by atoms with van der Waals surface area (Å²) in [6.45, 7) is 4.53. The lowest BCUT2D eigenvalue weighted by Gasteiger charge is -2.07. The number of carbonyl (C=O) groups is 1. The van der Waals surface area contributed by atoms with E-state index in [1.165, 1.54) is 11.8 Å². The topological polar surface area (TPSA) is 83.4 Å². The fourth-order valence-electron chi connectivity index (χ4n) is 2.46. The number of anilines is 1. The third-order valence-corrected chi connectivity index (χ3v) is 4.15. The van der Waals surface area contributed by atoms with Crippen molar-refractivity contribution >= 4 is 11.6 Å². The second-order valence-corrected chi connectivity index (χ2v) is 5.98. The molecule has 0 aliphatic carbocycles. The van der Waals surface area contributed by atoms with Crippen LogP contribution in [0.1, 0.15) is 16.7 Å². The lowest BCUT2D eigenvalue weighted by Crippen LogP contribution is -2.24. The number of hydrogen-bond acceptors (Lipinski definition) is 5. The van der Waals surface area contributed by atoms with Crippen molar-refractivity contribution in [3.8, 4) is 17.6 Å². The van der Waals surface area contributed by atoms with Crippen molar-refractivity contribution in [3.05, 3.63) is 64.9 Å². The third kappa shape index (κ3) is 3.95. The van der Waals surface area contributed by atoms with Crippen LogP contribution in [0.4, 0.5) is 5.69 Å². The van der Waals surface area contributed by atoms with Gasteiger partial charge in [-0.2, -0.15) is 5.26 Å². The Morgan fingerprint density at radius 2 is 1.96 bits per heavy atom. The van der Waals surface area contributed by atoms with E-state index in [0.29, 0.717) is 11.5 Å². The zero-order chi connectivity index (χ0) is 18.5. The van der Waals surface area contributed by atoms with E-state index < -0.39 is 5.91 Å². The molecule has 6 nitrogen and oxygen atoms in total. The van der Waals surface area contributed by atoms with Gasteiger partial charge in [-0.1, -0.05) is 12.1 Å². The van der Waals surface area contributed by atoms with E-state index in [1.807, 2.05) is 50.2 Å². The summed E-state index contributed by atoms with van der Waals surface area (Å²) in [7, 11) is 0. The van der Waals surface area contributed by atoms with E-state index >= 15 is 0 Å². The molecule has 3 rings (SSSR count). The smallest absolute Gasteiger partial charge is 0.263 e. The van der Waals surface area contributed by atoms with Crippen LogP contribution in [-0.2, 0) is 11.3 Å². The Labute approximate surface area is 152 Å². The van der Waals surface area contributed by atoms with Gasteiger partial charge in [-0.25, -0.2) is 0 Å². The Balaban J connectivity index is 1.61. The zero-order valence-electron chi connectivity index (χ0n) is 14.6. The standard InChI is InChI=1S/C20H19N3O3/c1-13-3-5-17(7-14(13)2)22-11-16(9-21)20(24)23-10-15-4-6-18-19(8-15)26-12-25-18/h3-8,11,22H,10,12H2,1-2H3,(H,23,24)/b16-11-.